The number of hydrogen-bond donors (Lipinski definition) is 4. The summed E-state index contributed by atoms with van der Waals surface area (Å²) in [6.07, 6.45) is 2.44. The van der Waals surface area contributed by atoms with Gasteiger partial charge in [0.25, 0.3) is 11.5 Å². The second-order valence-electron chi connectivity index (χ2n) is 3.88. The van der Waals surface area contributed by atoms with Crippen molar-refractivity contribution >= 4 is 5.91 Å². The number of carbonyl (C=O) groups excluding carboxylic acids is 1. The van der Waals surface area contributed by atoms with Gasteiger partial charge in [0.1, 0.15) is 5.56 Å². The van der Waals surface area contributed by atoms with Crippen molar-refractivity contribution in [2.24, 2.45) is 0 Å². The highest BCUT2D eigenvalue weighted by atomic mass is 16.3. The van der Waals surface area contributed by atoms with Crippen molar-refractivity contribution in [3.05, 3.63) is 32.6 Å². The van der Waals surface area contributed by atoms with Gasteiger partial charge in [-0.3, -0.25) is 14.6 Å². The van der Waals surface area contributed by atoms with Gasteiger partial charge in [-0.05, 0) is 12.8 Å². The lowest BCUT2D eigenvalue weighted by Crippen LogP contribution is -2.42. The van der Waals surface area contributed by atoms with E-state index >= 15 is 0 Å². The quantitative estimate of drug-likeness (QED) is 0.491. The molecular weight excluding hydrogens is 214 g/mol. The summed E-state index contributed by atoms with van der Waals surface area (Å²) in [5, 5.41) is 11.6. The first-order chi connectivity index (χ1) is 7.56. The van der Waals surface area contributed by atoms with Gasteiger partial charge in [0.05, 0.1) is 12.1 Å². The number of amides is 1. The van der Waals surface area contributed by atoms with Gasteiger partial charge in [-0.2, -0.15) is 0 Å². The highest BCUT2D eigenvalue weighted by Crippen LogP contribution is 2.34. The van der Waals surface area contributed by atoms with Gasteiger partial charge < -0.3 is 15.4 Å². The fourth-order valence-corrected chi connectivity index (χ4v) is 1.36. The number of aromatic amines is 2. The summed E-state index contributed by atoms with van der Waals surface area (Å²) in [4.78, 5) is 37.8. The average Bonchev–Trinajstić information content (AvgIpc) is 2.98. The lowest BCUT2D eigenvalue weighted by Gasteiger charge is -2.13. The Balaban J connectivity index is 2.21. The molecule has 0 atom stereocenters. The maximum absolute atomic E-state index is 11.6. The summed E-state index contributed by atoms with van der Waals surface area (Å²) < 4.78 is 0. The van der Waals surface area contributed by atoms with E-state index in [1.54, 1.807) is 0 Å². The van der Waals surface area contributed by atoms with Crippen molar-refractivity contribution in [2.45, 2.75) is 18.4 Å². The predicted molar refractivity (Wildman–Crippen MR) is 54.2 cm³/mol. The molecule has 1 aliphatic rings. The summed E-state index contributed by atoms with van der Waals surface area (Å²) >= 11 is 0. The molecule has 86 valence electrons. The van der Waals surface area contributed by atoms with Gasteiger partial charge >= 0.3 is 5.69 Å². The topological polar surface area (TPSA) is 115 Å². The van der Waals surface area contributed by atoms with E-state index in [4.69, 9.17) is 5.11 Å². The zero-order chi connectivity index (χ0) is 11.8. The van der Waals surface area contributed by atoms with Crippen molar-refractivity contribution in [3.8, 4) is 0 Å². The van der Waals surface area contributed by atoms with Gasteiger partial charge in [0.15, 0.2) is 0 Å². The Morgan fingerprint density at radius 3 is 2.69 bits per heavy atom. The monoisotopic (exact) mass is 225 g/mol. The average molecular weight is 225 g/mol. The molecule has 0 radical (unpaired) electrons. The Hall–Kier alpha value is -1.89. The van der Waals surface area contributed by atoms with Crippen LogP contribution in [-0.2, 0) is 0 Å². The minimum absolute atomic E-state index is 0.153. The van der Waals surface area contributed by atoms with Gasteiger partial charge in [0, 0.05) is 6.20 Å². The molecule has 0 bridgehead atoms. The summed E-state index contributed by atoms with van der Waals surface area (Å²) in [5.41, 5.74) is -2.15. The van der Waals surface area contributed by atoms with Crippen LogP contribution in [0.5, 0.6) is 0 Å². The van der Waals surface area contributed by atoms with Crippen molar-refractivity contribution < 1.29 is 9.90 Å². The zero-order valence-corrected chi connectivity index (χ0v) is 8.37. The Bertz CT molecular complexity index is 526. The third kappa shape index (κ3) is 1.89. The van der Waals surface area contributed by atoms with Crippen LogP contribution in [0.1, 0.15) is 23.2 Å². The number of hydrogen-bond acceptors (Lipinski definition) is 4. The van der Waals surface area contributed by atoms with Crippen LogP contribution < -0.4 is 16.6 Å². The number of rotatable bonds is 3. The Morgan fingerprint density at radius 1 is 1.50 bits per heavy atom. The van der Waals surface area contributed by atoms with Crippen molar-refractivity contribution in [1.29, 1.82) is 0 Å². The molecular formula is C9H11N3O4. The molecule has 16 heavy (non-hydrogen) atoms. The molecule has 1 aliphatic carbocycles. The molecule has 1 saturated carbocycles. The third-order valence-corrected chi connectivity index (χ3v) is 2.60. The molecule has 1 aromatic heterocycles. The van der Waals surface area contributed by atoms with Crippen LogP contribution in [-0.4, -0.2) is 33.1 Å². The standard InChI is InChI=1S/C9H11N3O4/c13-4-9(1-2-9)12-7(15)5-3-10-8(16)11-6(5)14/h3,13H,1-2,4H2,(H,12,15)(H2,10,11,14,16). The summed E-state index contributed by atoms with van der Waals surface area (Å²) in [7, 11) is 0. The Labute approximate surface area is 89.5 Å². The number of H-pyrrole nitrogens is 2. The van der Waals surface area contributed by atoms with E-state index in [2.05, 4.69) is 10.3 Å². The van der Waals surface area contributed by atoms with E-state index in [9.17, 15) is 14.4 Å². The third-order valence-electron chi connectivity index (χ3n) is 2.60. The normalized spacial score (nSPS) is 16.8. The highest BCUT2D eigenvalue weighted by molar-refractivity contribution is 5.94. The summed E-state index contributed by atoms with van der Waals surface area (Å²) in [6, 6.07) is 0. The van der Waals surface area contributed by atoms with Crippen LogP contribution in [0, 0.1) is 0 Å². The van der Waals surface area contributed by atoms with Crippen LogP contribution in [0.2, 0.25) is 0 Å². The molecule has 4 N–H and O–H groups in total. The minimum Gasteiger partial charge on any atom is -0.394 e. The first-order valence-corrected chi connectivity index (χ1v) is 4.82. The van der Waals surface area contributed by atoms with Crippen LogP contribution >= 0.6 is 0 Å². The first kappa shape index (κ1) is 10.6. The molecule has 1 aromatic rings. The van der Waals surface area contributed by atoms with Gasteiger partial charge in [0.2, 0.25) is 0 Å². The van der Waals surface area contributed by atoms with Crippen molar-refractivity contribution in [3.63, 3.8) is 0 Å². The van der Waals surface area contributed by atoms with E-state index in [-0.39, 0.29) is 12.2 Å². The molecule has 0 saturated heterocycles. The number of nitrogens with one attached hydrogen (secondary N) is 3. The van der Waals surface area contributed by atoms with E-state index in [1.807, 2.05) is 4.98 Å². The number of aliphatic hydroxyl groups excluding tert-OH is 1. The fourth-order valence-electron chi connectivity index (χ4n) is 1.36. The summed E-state index contributed by atoms with van der Waals surface area (Å²) in [5.74, 6) is -0.593. The van der Waals surface area contributed by atoms with Gasteiger partial charge in [-0.1, -0.05) is 0 Å². The SMILES string of the molecule is O=C(NC1(CO)CC1)c1c[nH]c(=O)[nH]c1=O. The zero-order valence-electron chi connectivity index (χ0n) is 8.37. The maximum atomic E-state index is 11.6. The highest BCUT2D eigenvalue weighted by Gasteiger charge is 2.43. The number of aromatic nitrogens is 2. The molecule has 1 fully saturated rings. The second kappa shape index (κ2) is 3.60. The Morgan fingerprint density at radius 2 is 2.19 bits per heavy atom. The number of aliphatic hydroxyl groups is 1. The minimum atomic E-state index is -0.741. The van der Waals surface area contributed by atoms with E-state index < -0.39 is 22.7 Å². The molecule has 7 heteroatoms. The van der Waals surface area contributed by atoms with Gasteiger partial charge in [-0.25, -0.2) is 4.79 Å². The van der Waals surface area contributed by atoms with Crippen LogP contribution in [0.4, 0.5) is 0 Å². The van der Waals surface area contributed by atoms with Crippen LogP contribution in [0.15, 0.2) is 15.8 Å². The lowest BCUT2D eigenvalue weighted by atomic mass is 10.2. The maximum Gasteiger partial charge on any atom is 0.325 e. The van der Waals surface area contributed by atoms with Crippen molar-refractivity contribution in [1.82, 2.24) is 15.3 Å². The van der Waals surface area contributed by atoms with E-state index in [0.717, 1.165) is 6.20 Å². The largest absolute Gasteiger partial charge is 0.394 e. The van der Waals surface area contributed by atoms with Crippen LogP contribution in [0.3, 0.4) is 0 Å². The van der Waals surface area contributed by atoms with E-state index in [1.165, 1.54) is 0 Å². The molecule has 1 heterocycles. The molecule has 1 amide bonds. The smallest absolute Gasteiger partial charge is 0.325 e. The first-order valence-electron chi connectivity index (χ1n) is 4.82. The molecule has 0 aromatic carbocycles. The molecule has 0 aliphatic heterocycles. The Kier molecular flexibility index (Phi) is 2.39. The lowest BCUT2D eigenvalue weighted by molar-refractivity contribution is 0.0904. The molecule has 0 spiro atoms. The fraction of sp³-hybridized carbons (Fsp3) is 0.444. The molecule has 0 unspecified atom stereocenters. The molecule has 2 rings (SSSR count). The predicted octanol–water partition coefficient (Wildman–Crippen LogP) is -1.68. The molecule has 7 nitrogen and oxygen atoms in total. The second-order valence-corrected chi connectivity index (χ2v) is 3.88. The summed E-state index contributed by atoms with van der Waals surface area (Å²) in [6.45, 7) is -0.153. The van der Waals surface area contributed by atoms with Gasteiger partial charge in [-0.15, -0.1) is 0 Å². The number of carbonyl (C=O) groups is 1. The van der Waals surface area contributed by atoms with E-state index in [0.29, 0.717) is 12.8 Å². The van der Waals surface area contributed by atoms with Crippen LogP contribution in [0.25, 0.3) is 0 Å². The van der Waals surface area contributed by atoms with Crippen molar-refractivity contribution in [2.75, 3.05) is 6.61 Å².